The summed E-state index contributed by atoms with van der Waals surface area (Å²) in [7, 11) is 0. The maximum Gasteiger partial charge on any atom is 0.231 e. The van der Waals surface area contributed by atoms with Gasteiger partial charge in [0.15, 0.2) is 0 Å². The zero-order chi connectivity index (χ0) is 12.6. The zero-order valence-electron chi connectivity index (χ0n) is 10.0. The van der Waals surface area contributed by atoms with Gasteiger partial charge in [-0.05, 0) is 25.0 Å². The summed E-state index contributed by atoms with van der Waals surface area (Å²) in [6, 6.07) is 9.64. The number of nitrogens with two attached hydrogens (primary N) is 1. The van der Waals surface area contributed by atoms with Crippen LogP contribution in [0.3, 0.4) is 0 Å². The number of nitrogens with one attached hydrogen (secondary N) is 1. The van der Waals surface area contributed by atoms with E-state index < -0.39 is 0 Å². The van der Waals surface area contributed by atoms with Crippen LogP contribution < -0.4 is 11.1 Å². The fourth-order valence-corrected chi connectivity index (χ4v) is 2.13. The summed E-state index contributed by atoms with van der Waals surface area (Å²) < 4.78 is 0. The van der Waals surface area contributed by atoms with E-state index in [0.29, 0.717) is 6.54 Å². The lowest BCUT2D eigenvalue weighted by Crippen LogP contribution is -2.30. The lowest BCUT2D eigenvalue weighted by molar-refractivity contribution is -0.120. The molecule has 1 aliphatic rings. The topological polar surface area (TPSA) is 68.0 Å². The smallest absolute Gasteiger partial charge is 0.231 e. The van der Waals surface area contributed by atoms with Crippen LogP contribution in [0, 0.1) is 5.41 Å². The van der Waals surface area contributed by atoms with Gasteiger partial charge in [-0.1, -0.05) is 18.2 Å². The molecule has 3 rings (SSSR count). The van der Waals surface area contributed by atoms with Crippen LogP contribution in [-0.4, -0.2) is 17.4 Å². The molecule has 4 heteroatoms. The van der Waals surface area contributed by atoms with E-state index in [1.54, 1.807) is 6.20 Å². The van der Waals surface area contributed by atoms with Crippen LogP contribution in [0.25, 0.3) is 10.9 Å². The highest BCUT2D eigenvalue weighted by Crippen LogP contribution is 2.45. The SMILES string of the molecule is NCC1(C(=O)Nc2cccc3cccnc23)CC1. The van der Waals surface area contributed by atoms with E-state index in [9.17, 15) is 4.79 Å². The largest absolute Gasteiger partial charge is 0.329 e. The quantitative estimate of drug-likeness (QED) is 0.862. The minimum Gasteiger partial charge on any atom is -0.329 e. The van der Waals surface area contributed by atoms with Gasteiger partial charge in [0.2, 0.25) is 5.91 Å². The van der Waals surface area contributed by atoms with E-state index in [-0.39, 0.29) is 11.3 Å². The average Bonchev–Trinajstić information content (AvgIpc) is 3.20. The molecule has 1 saturated carbocycles. The van der Waals surface area contributed by atoms with Crippen LogP contribution in [0.5, 0.6) is 0 Å². The number of amides is 1. The summed E-state index contributed by atoms with van der Waals surface area (Å²) in [6.07, 6.45) is 3.49. The molecule has 0 aliphatic heterocycles. The monoisotopic (exact) mass is 241 g/mol. The van der Waals surface area contributed by atoms with E-state index in [2.05, 4.69) is 10.3 Å². The van der Waals surface area contributed by atoms with Gasteiger partial charge in [-0.2, -0.15) is 0 Å². The maximum atomic E-state index is 12.2. The third kappa shape index (κ3) is 1.75. The fraction of sp³-hybridized carbons (Fsp3) is 0.286. The molecule has 0 bridgehead atoms. The second kappa shape index (κ2) is 4.07. The van der Waals surface area contributed by atoms with Gasteiger partial charge in [0.05, 0.1) is 16.6 Å². The Balaban J connectivity index is 1.93. The van der Waals surface area contributed by atoms with Crippen molar-refractivity contribution in [2.24, 2.45) is 11.1 Å². The third-order valence-corrected chi connectivity index (χ3v) is 3.61. The molecule has 0 spiro atoms. The van der Waals surface area contributed by atoms with Gasteiger partial charge < -0.3 is 11.1 Å². The first kappa shape index (κ1) is 11.2. The molecule has 92 valence electrons. The molecule has 3 N–H and O–H groups in total. The lowest BCUT2D eigenvalue weighted by atomic mass is 10.1. The number of rotatable bonds is 3. The van der Waals surface area contributed by atoms with Crippen LogP contribution >= 0.6 is 0 Å². The highest BCUT2D eigenvalue weighted by molar-refractivity contribution is 6.03. The molecule has 1 amide bonds. The number of nitrogens with zero attached hydrogens (tertiary/aromatic N) is 1. The molecule has 0 unspecified atom stereocenters. The molecular formula is C14H15N3O. The Labute approximate surface area is 105 Å². The Hall–Kier alpha value is -1.94. The second-order valence-electron chi connectivity index (χ2n) is 4.82. The Morgan fingerprint density at radius 1 is 1.33 bits per heavy atom. The number of benzene rings is 1. The van der Waals surface area contributed by atoms with Crippen molar-refractivity contribution in [1.29, 1.82) is 0 Å². The van der Waals surface area contributed by atoms with Crippen molar-refractivity contribution < 1.29 is 4.79 Å². The standard InChI is InChI=1S/C14H15N3O/c15-9-14(6-7-14)13(18)17-11-5-1-3-10-4-2-8-16-12(10)11/h1-5,8H,6-7,9,15H2,(H,17,18). The Bertz CT molecular complexity index is 600. The highest BCUT2D eigenvalue weighted by Gasteiger charge is 2.48. The van der Waals surface area contributed by atoms with Crippen LogP contribution in [-0.2, 0) is 4.79 Å². The summed E-state index contributed by atoms with van der Waals surface area (Å²) >= 11 is 0. The van der Waals surface area contributed by atoms with Crippen LogP contribution in [0.2, 0.25) is 0 Å². The first-order chi connectivity index (χ1) is 8.75. The molecular weight excluding hydrogens is 226 g/mol. The number of carbonyl (C=O) groups excluding carboxylic acids is 1. The summed E-state index contributed by atoms with van der Waals surface area (Å²) in [6.45, 7) is 0.414. The van der Waals surface area contributed by atoms with Gasteiger partial charge in [0.25, 0.3) is 0 Å². The summed E-state index contributed by atoms with van der Waals surface area (Å²) in [5.41, 5.74) is 6.91. The Morgan fingerprint density at radius 2 is 2.11 bits per heavy atom. The summed E-state index contributed by atoms with van der Waals surface area (Å²) in [5, 5.41) is 3.98. The minimum atomic E-state index is -0.336. The van der Waals surface area contributed by atoms with E-state index in [4.69, 9.17) is 5.73 Å². The minimum absolute atomic E-state index is 0.0168. The van der Waals surface area contributed by atoms with E-state index >= 15 is 0 Å². The Morgan fingerprint density at radius 3 is 2.83 bits per heavy atom. The van der Waals surface area contributed by atoms with Crippen molar-refractivity contribution in [2.75, 3.05) is 11.9 Å². The summed E-state index contributed by atoms with van der Waals surface area (Å²) in [5.74, 6) is 0.0168. The van der Waals surface area contributed by atoms with Gasteiger partial charge >= 0.3 is 0 Å². The predicted molar refractivity (Wildman–Crippen MR) is 71.1 cm³/mol. The van der Waals surface area contributed by atoms with Crippen LogP contribution in [0.15, 0.2) is 36.5 Å². The normalized spacial score (nSPS) is 16.5. The molecule has 4 nitrogen and oxygen atoms in total. The van der Waals surface area contributed by atoms with Crippen molar-refractivity contribution in [3.63, 3.8) is 0 Å². The molecule has 0 atom stereocenters. The average molecular weight is 241 g/mol. The van der Waals surface area contributed by atoms with Crippen molar-refractivity contribution in [3.05, 3.63) is 36.5 Å². The van der Waals surface area contributed by atoms with Crippen LogP contribution in [0.4, 0.5) is 5.69 Å². The number of aromatic nitrogens is 1. The van der Waals surface area contributed by atoms with Gasteiger partial charge in [0, 0.05) is 18.1 Å². The Kier molecular flexibility index (Phi) is 2.52. The number of anilines is 1. The van der Waals surface area contributed by atoms with E-state index in [1.807, 2.05) is 30.3 Å². The molecule has 1 heterocycles. The van der Waals surface area contributed by atoms with Crippen LogP contribution in [0.1, 0.15) is 12.8 Å². The number of hydrogen-bond donors (Lipinski definition) is 2. The van der Waals surface area contributed by atoms with Crippen molar-refractivity contribution >= 4 is 22.5 Å². The highest BCUT2D eigenvalue weighted by atomic mass is 16.2. The lowest BCUT2D eigenvalue weighted by Gasteiger charge is -2.13. The second-order valence-corrected chi connectivity index (χ2v) is 4.82. The third-order valence-electron chi connectivity index (χ3n) is 3.61. The molecule has 1 aromatic carbocycles. The van der Waals surface area contributed by atoms with Gasteiger partial charge in [0.1, 0.15) is 0 Å². The molecule has 1 fully saturated rings. The molecule has 1 aromatic heterocycles. The molecule has 2 aromatic rings. The fourth-order valence-electron chi connectivity index (χ4n) is 2.13. The van der Waals surface area contributed by atoms with Crippen molar-refractivity contribution in [2.45, 2.75) is 12.8 Å². The number of fused-ring (bicyclic) bond motifs is 1. The number of para-hydroxylation sites is 1. The molecule has 18 heavy (non-hydrogen) atoms. The van der Waals surface area contributed by atoms with Gasteiger partial charge in [-0.3, -0.25) is 9.78 Å². The molecule has 0 saturated heterocycles. The zero-order valence-corrected chi connectivity index (χ0v) is 10.0. The first-order valence-corrected chi connectivity index (χ1v) is 6.10. The van der Waals surface area contributed by atoms with Crippen molar-refractivity contribution in [1.82, 2.24) is 4.98 Å². The summed E-state index contributed by atoms with van der Waals surface area (Å²) in [4.78, 5) is 16.5. The van der Waals surface area contributed by atoms with E-state index in [0.717, 1.165) is 29.4 Å². The van der Waals surface area contributed by atoms with E-state index in [1.165, 1.54) is 0 Å². The molecule has 1 aliphatic carbocycles. The van der Waals surface area contributed by atoms with Crippen molar-refractivity contribution in [3.8, 4) is 0 Å². The molecule has 0 radical (unpaired) electrons. The maximum absolute atomic E-state index is 12.2. The van der Waals surface area contributed by atoms with Gasteiger partial charge in [-0.15, -0.1) is 0 Å². The number of hydrogen-bond acceptors (Lipinski definition) is 3. The predicted octanol–water partition coefficient (Wildman–Crippen LogP) is 1.91. The number of carbonyl (C=O) groups is 1. The number of pyridine rings is 1. The van der Waals surface area contributed by atoms with Gasteiger partial charge in [-0.25, -0.2) is 0 Å². The first-order valence-electron chi connectivity index (χ1n) is 6.10.